The van der Waals surface area contributed by atoms with E-state index in [4.69, 9.17) is 0 Å². The summed E-state index contributed by atoms with van der Waals surface area (Å²) < 4.78 is 52.0. The summed E-state index contributed by atoms with van der Waals surface area (Å²) in [6.45, 7) is 0. The number of carbonyl (C=O) groups is 1. The molecule has 0 aromatic heterocycles. The van der Waals surface area contributed by atoms with Crippen molar-refractivity contribution in [2.45, 2.75) is 6.36 Å². The molecule has 0 spiro atoms. The maximum atomic E-state index is 13.1. The van der Waals surface area contributed by atoms with Crippen molar-refractivity contribution in [3.63, 3.8) is 0 Å². The molecule has 16 heavy (non-hydrogen) atoms. The van der Waals surface area contributed by atoms with Gasteiger partial charge in [-0.25, -0.2) is 4.39 Å². The number of alkyl halides is 3. The average Bonchev–Trinajstić information content (AvgIpc) is 2.14. The molecule has 0 aliphatic carbocycles. The van der Waals surface area contributed by atoms with Gasteiger partial charge in [-0.1, -0.05) is 0 Å². The molecule has 0 N–H and O–H groups in total. The summed E-state index contributed by atoms with van der Waals surface area (Å²) in [6, 6.07) is 2.63. The van der Waals surface area contributed by atoms with Crippen molar-refractivity contribution in [1.29, 1.82) is 0 Å². The molecule has 0 bridgehead atoms. The topological polar surface area (TPSA) is 26.3 Å². The number of aldehydes is 1. The van der Waals surface area contributed by atoms with Crippen LogP contribution < -0.4 is 4.74 Å². The molecule has 0 aliphatic rings. The first-order valence-corrected chi connectivity index (χ1v) is 4.09. The molecule has 86 valence electrons. The fraction of sp³-hybridized carbons (Fsp3) is 0.100. The Labute approximate surface area is 88.1 Å². The second-order valence-electron chi connectivity index (χ2n) is 2.73. The standard InChI is InChI=1S/C10H6F4O2/c11-9-6-8(16-10(12,13)14)4-3-7(9)2-1-5-15/h1-6H. The van der Waals surface area contributed by atoms with E-state index in [1.54, 1.807) is 0 Å². The number of hydrogen-bond donors (Lipinski definition) is 0. The van der Waals surface area contributed by atoms with Gasteiger partial charge in [-0.2, -0.15) is 0 Å². The smallest absolute Gasteiger partial charge is 0.406 e. The Hall–Kier alpha value is -1.85. The SMILES string of the molecule is O=CC=Cc1ccc(OC(F)(F)F)cc1F. The number of rotatable bonds is 3. The molecule has 1 rings (SSSR count). The molecule has 0 heterocycles. The summed E-state index contributed by atoms with van der Waals surface area (Å²) in [6.07, 6.45) is -2.26. The Morgan fingerprint density at radius 1 is 1.25 bits per heavy atom. The van der Waals surface area contributed by atoms with E-state index < -0.39 is 17.9 Å². The van der Waals surface area contributed by atoms with Crippen LogP contribution in [0.4, 0.5) is 17.6 Å². The molecule has 2 nitrogen and oxygen atoms in total. The van der Waals surface area contributed by atoms with Crippen molar-refractivity contribution in [3.8, 4) is 5.75 Å². The minimum Gasteiger partial charge on any atom is -0.406 e. The first-order valence-electron chi connectivity index (χ1n) is 4.09. The summed E-state index contributed by atoms with van der Waals surface area (Å²) in [5.41, 5.74) is 0.00150. The van der Waals surface area contributed by atoms with E-state index in [2.05, 4.69) is 4.74 Å². The second-order valence-corrected chi connectivity index (χ2v) is 2.73. The van der Waals surface area contributed by atoms with Crippen LogP contribution in [0.25, 0.3) is 6.08 Å². The van der Waals surface area contributed by atoms with E-state index in [0.717, 1.165) is 24.3 Å². The molecule has 1 aromatic carbocycles. The molecule has 0 radical (unpaired) electrons. The number of hydrogen-bond acceptors (Lipinski definition) is 2. The van der Waals surface area contributed by atoms with Crippen LogP contribution in [-0.4, -0.2) is 12.6 Å². The van der Waals surface area contributed by atoms with Gasteiger partial charge in [-0.05, 0) is 24.3 Å². The predicted molar refractivity (Wildman–Crippen MR) is 48.2 cm³/mol. The maximum Gasteiger partial charge on any atom is 0.573 e. The number of carbonyl (C=O) groups excluding carboxylic acids is 1. The number of halogens is 4. The van der Waals surface area contributed by atoms with Gasteiger partial charge in [-0.3, -0.25) is 4.79 Å². The molecule has 0 amide bonds. The van der Waals surface area contributed by atoms with Crippen molar-refractivity contribution in [2.24, 2.45) is 0 Å². The lowest BCUT2D eigenvalue weighted by atomic mass is 10.2. The third-order valence-electron chi connectivity index (χ3n) is 1.56. The molecule has 0 aliphatic heterocycles. The fourth-order valence-electron chi connectivity index (χ4n) is 0.983. The lowest BCUT2D eigenvalue weighted by Crippen LogP contribution is -2.17. The summed E-state index contributed by atoms with van der Waals surface area (Å²) in [4.78, 5) is 9.96. The van der Waals surface area contributed by atoms with E-state index in [-0.39, 0.29) is 5.56 Å². The van der Waals surface area contributed by atoms with Crippen LogP contribution >= 0.6 is 0 Å². The lowest BCUT2D eigenvalue weighted by Gasteiger charge is -2.09. The Morgan fingerprint density at radius 2 is 1.94 bits per heavy atom. The maximum absolute atomic E-state index is 13.1. The van der Waals surface area contributed by atoms with E-state index in [1.165, 1.54) is 0 Å². The van der Waals surface area contributed by atoms with Crippen LogP contribution in [0.15, 0.2) is 24.3 Å². The zero-order valence-corrected chi connectivity index (χ0v) is 7.79. The molecular weight excluding hydrogens is 228 g/mol. The molecule has 0 atom stereocenters. The van der Waals surface area contributed by atoms with Gasteiger partial charge >= 0.3 is 6.36 Å². The van der Waals surface area contributed by atoms with Crippen LogP contribution in [0.2, 0.25) is 0 Å². The lowest BCUT2D eigenvalue weighted by molar-refractivity contribution is -0.274. The molecule has 0 fully saturated rings. The van der Waals surface area contributed by atoms with Crippen LogP contribution in [0.1, 0.15) is 5.56 Å². The minimum atomic E-state index is -4.85. The van der Waals surface area contributed by atoms with Crippen molar-refractivity contribution in [1.82, 2.24) is 0 Å². The second kappa shape index (κ2) is 4.78. The quantitative estimate of drug-likeness (QED) is 0.456. The molecular formula is C10H6F4O2. The van der Waals surface area contributed by atoms with Gasteiger partial charge < -0.3 is 4.74 Å². The summed E-state index contributed by atoms with van der Waals surface area (Å²) in [7, 11) is 0. The summed E-state index contributed by atoms with van der Waals surface area (Å²) in [5, 5.41) is 0. The minimum absolute atomic E-state index is 0.00150. The van der Waals surface area contributed by atoms with Crippen LogP contribution in [0.3, 0.4) is 0 Å². The monoisotopic (exact) mass is 234 g/mol. The number of benzene rings is 1. The van der Waals surface area contributed by atoms with Gasteiger partial charge in [-0.15, -0.1) is 13.2 Å². The van der Waals surface area contributed by atoms with Crippen LogP contribution in [0.5, 0.6) is 5.75 Å². The van der Waals surface area contributed by atoms with Crippen LogP contribution in [-0.2, 0) is 4.79 Å². The molecule has 0 unspecified atom stereocenters. The Morgan fingerprint density at radius 3 is 2.44 bits per heavy atom. The van der Waals surface area contributed by atoms with Crippen molar-refractivity contribution in [2.75, 3.05) is 0 Å². The van der Waals surface area contributed by atoms with Gasteiger partial charge in [0.15, 0.2) is 0 Å². The first kappa shape index (κ1) is 12.2. The molecule has 0 saturated heterocycles. The summed E-state index contributed by atoms with van der Waals surface area (Å²) >= 11 is 0. The van der Waals surface area contributed by atoms with Crippen LogP contribution in [0, 0.1) is 5.82 Å². The Kier molecular flexibility index (Phi) is 3.65. The zero-order chi connectivity index (χ0) is 12.2. The average molecular weight is 234 g/mol. The van der Waals surface area contributed by atoms with Crippen molar-refractivity contribution in [3.05, 3.63) is 35.7 Å². The van der Waals surface area contributed by atoms with Gasteiger partial charge in [0.2, 0.25) is 0 Å². The van der Waals surface area contributed by atoms with E-state index in [9.17, 15) is 22.4 Å². The third-order valence-corrected chi connectivity index (χ3v) is 1.56. The molecule has 0 saturated carbocycles. The van der Waals surface area contributed by atoms with Gasteiger partial charge in [0.05, 0.1) is 0 Å². The Balaban J connectivity index is 2.91. The van der Waals surface area contributed by atoms with Gasteiger partial charge in [0.1, 0.15) is 17.9 Å². The van der Waals surface area contributed by atoms with Gasteiger partial charge in [0, 0.05) is 11.6 Å². The number of allylic oxidation sites excluding steroid dienone is 1. The highest BCUT2D eigenvalue weighted by Crippen LogP contribution is 2.24. The van der Waals surface area contributed by atoms with E-state index >= 15 is 0 Å². The molecule has 6 heteroatoms. The highest BCUT2D eigenvalue weighted by atomic mass is 19.4. The number of ether oxygens (including phenoxy) is 1. The highest BCUT2D eigenvalue weighted by molar-refractivity contribution is 5.74. The van der Waals surface area contributed by atoms with Crippen molar-refractivity contribution < 1.29 is 27.1 Å². The highest BCUT2D eigenvalue weighted by Gasteiger charge is 2.31. The first-order chi connectivity index (χ1) is 7.42. The summed E-state index contributed by atoms with van der Waals surface area (Å²) in [5.74, 6) is -1.55. The zero-order valence-electron chi connectivity index (χ0n) is 7.79. The van der Waals surface area contributed by atoms with Gasteiger partial charge in [0.25, 0.3) is 0 Å². The third kappa shape index (κ3) is 3.72. The fourth-order valence-corrected chi connectivity index (χ4v) is 0.983. The van der Waals surface area contributed by atoms with E-state index in [0.29, 0.717) is 12.4 Å². The largest absolute Gasteiger partial charge is 0.573 e. The van der Waals surface area contributed by atoms with E-state index in [1.807, 2.05) is 0 Å². The van der Waals surface area contributed by atoms with Crippen molar-refractivity contribution >= 4 is 12.4 Å². The molecule has 1 aromatic rings. The predicted octanol–water partition coefficient (Wildman–Crippen LogP) is 2.94. The Bertz CT molecular complexity index is 410. The normalized spacial score (nSPS) is 11.8.